The number of hydrogen-bond acceptors (Lipinski definition) is 17. The standard InChI is InChI=1S/C19H28FN9O10P2S/c20-10-8(26-19-23-4-22-5-24-19)1-7-2-36-41(34,42)39-14-12(30)9(3-35-40(32,33)38-13(7)10)37-17(14)29-6-25-11-15(29)27-18(21)28-16(11)31/h4-15,17-18,27,30H,1-3,21H2,(H,28,31)(H,32,33)(H,34,42)(H,22,23,24,26)/t7-,8-,9-,10+,11?,12-,13-,14-,15?,17-,18?,41?/m1/s1. The molecule has 23 heteroatoms. The summed E-state index contributed by atoms with van der Waals surface area (Å²) in [6.07, 6.45) is -6.98. The minimum atomic E-state index is -4.94. The molecule has 1 amide bonds. The van der Waals surface area contributed by atoms with Crippen LogP contribution in [0.2, 0.25) is 0 Å². The second kappa shape index (κ2) is 11.6. The van der Waals surface area contributed by atoms with E-state index in [1.165, 1.54) is 23.9 Å². The van der Waals surface area contributed by atoms with Crippen LogP contribution in [0.4, 0.5) is 10.3 Å². The Hall–Kier alpha value is -1.84. The Morgan fingerprint density at radius 3 is 2.71 bits per heavy atom. The van der Waals surface area contributed by atoms with E-state index in [4.69, 9.17) is 40.4 Å². The van der Waals surface area contributed by atoms with Crippen LogP contribution in [0.5, 0.6) is 0 Å². The monoisotopic (exact) mass is 655 g/mol. The molecule has 8 N–H and O–H groups in total. The number of ether oxygens (including phenoxy) is 1. The molecular weight excluding hydrogens is 627 g/mol. The number of anilines is 1. The molecule has 0 aromatic carbocycles. The first-order valence-corrected chi connectivity index (χ1v) is 16.8. The summed E-state index contributed by atoms with van der Waals surface area (Å²) >= 11 is 5.21. The molecular formula is C19H28FN9O10P2S. The van der Waals surface area contributed by atoms with Crippen molar-refractivity contribution in [1.82, 2.24) is 30.5 Å². The van der Waals surface area contributed by atoms with Crippen LogP contribution in [-0.4, -0.2) is 122 Å². The molecule has 5 aliphatic rings. The zero-order valence-corrected chi connectivity index (χ0v) is 24.0. The van der Waals surface area contributed by atoms with Crippen molar-refractivity contribution in [2.45, 2.75) is 67.8 Å². The highest BCUT2D eigenvalue weighted by molar-refractivity contribution is 8.07. The summed E-state index contributed by atoms with van der Waals surface area (Å²) in [6.45, 7) is -5.31. The number of nitrogens with one attached hydrogen (secondary N) is 3. The first-order valence-electron chi connectivity index (χ1n) is 12.7. The lowest BCUT2D eigenvalue weighted by Gasteiger charge is -2.39. The van der Waals surface area contributed by atoms with Crippen LogP contribution in [0, 0.1) is 5.92 Å². The number of phosphoric ester groups is 1. The number of aliphatic imine (C=N–C) groups is 1. The van der Waals surface area contributed by atoms with Crippen LogP contribution in [0.15, 0.2) is 17.6 Å². The Morgan fingerprint density at radius 1 is 1.19 bits per heavy atom. The average molecular weight is 655 g/mol. The van der Waals surface area contributed by atoms with Crippen LogP contribution in [0.3, 0.4) is 0 Å². The van der Waals surface area contributed by atoms with Crippen molar-refractivity contribution in [3.05, 3.63) is 12.7 Å². The van der Waals surface area contributed by atoms with Crippen molar-refractivity contribution in [3.63, 3.8) is 0 Å². The van der Waals surface area contributed by atoms with E-state index in [-0.39, 0.29) is 12.4 Å². The molecule has 1 aromatic heterocycles. The van der Waals surface area contributed by atoms with Gasteiger partial charge in [-0.3, -0.25) is 34.4 Å². The van der Waals surface area contributed by atoms with Gasteiger partial charge in [-0.15, -0.1) is 0 Å². The van der Waals surface area contributed by atoms with Gasteiger partial charge < -0.3 is 39.7 Å². The van der Waals surface area contributed by atoms with Crippen molar-refractivity contribution < 1.29 is 51.5 Å². The molecule has 3 saturated heterocycles. The lowest BCUT2D eigenvalue weighted by atomic mass is 10.1. The van der Waals surface area contributed by atoms with Crippen molar-refractivity contribution >= 4 is 44.5 Å². The summed E-state index contributed by atoms with van der Waals surface area (Å²) in [5, 5.41) is 19.3. The van der Waals surface area contributed by atoms with Crippen LogP contribution >= 0.6 is 14.5 Å². The number of carbonyl (C=O) groups excluding carboxylic acids is 1. The number of nitrogens with zero attached hydrogens (tertiary/aromatic N) is 5. The van der Waals surface area contributed by atoms with Gasteiger partial charge in [0.25, 0.3) is 5.91 Å². The third-order valence-electron chi connectivity index (χ3n) is 7.40. The number of rotatable bonds is 3. The number of halogens is 1. The highest BCUT2D eigenvalue weighted by Gasteiger charge is 2.55. The molecule has 4 aliphatic heterocycles. The van der Waals surface area contributed by atoms with Gasteiger partial charge in [-0.25, -0.2) is 23.9 Å². The Bertz CT molecular complexity index is 1310. The Morgan fingerprint density at radius 2 is 1.95 bits per heavy atom. The number of alkyl halides is 1. The van der Waals surface area contributed by atoms with E-state index in [9.17, 15) is 24.3 Å². The molecule has 5 heterocycles. The van der Waals surface area contributed by atoms with Gasteiger partial charge in [0.05, 0.1) is 25.6 Å². The normalized spacial score (nSPS) is 47.5. The van der Waals surface area contributed by atoms with Gasteiger partial charge in [-0.2, -0.15) is 0 Å². The Balaban J connectivity index is 1.24. The topological polar surface area (TPSA) is 257 Å². The predicted molar refractivity (Wildman–Crippen MR) is 140 cm³/mol. The molecule has 42 heavy (non-hydrogen) atoms. The van der Waals surface area contributed by atoms with Crippen molar-refractivity contribution in [2.24, 2.45) is 16.6 Å². The highest BCUT2D eigenvalue weighted by atomic mass is 32.5. The summed E-state index contributed by atoms with van der Waals surface area (Å²) in [5.74, 6) is -1.30. The van der Waals surface area contributed by atoms with Crippen LogP contribution in [0.25, 0.3) is 0 Å². The van der Waals surface area contributed by atoms with Gasteiger partial charge in [-0.1, -0.05) is 0 Å². The fourth-order valence-corrected chi connectivity index (χ4v) is 7.93. The molecule has 232 valence electrons. The third kappa shape index (κ3) is 6.07. The lowest BCUT2D eigenvalue weighted by molar-refractivity contribution is -0.130. The van der Waals surface area contributed by atoms with Gasteiger partial charge in [0.15, 0.2) is 12.3 Å². The number of amides is 1. The zero-order chi connectivity index (χ0) is 29.8. The molecule has 4 fully saturated rings. The first-order chi connectivity index (χ1) is 19.9. The molecule has 1 aromatic rings. The average Bonchev–Trinajstić information content (AvgIpc) is 3.57. The van der Waals surface area contributed by atoms with Gasteiger partial charge >= 0.3 is 14.5 Å². The molecule has 5 unspecified atom stereocenters. The van der Waals surface area contributed by atoms with E-state index in [0.717, 1.165) is 0 Å². The number of carbonyl (C=O) groups is 1. The number of aliphatic hydroxyl groups is 1. The summed E-state index contributed by atoms with van der Waals surface area (Å²) in [7, 11) is -4.94. The molecule has 1 aliphatic carbocycles. The fourth-order valence-electron chi connectivity index (χ4n) is 5.48. The summed E-state index contributed by atoms with van der Waals surface area (Å²) in [5.41, 5.74) is 5.84. The van der Waals surface area contributed by atoms with Crippen molar-refractivity contribution in [2.75, 3.05) is 18.5 Å². The lowest BCUT2D eigenvalue weighted by Crippen LogP contribution is -2.70. The van der Waals surface area contributed by atoms with E-state index in [1.807, 2.05) is 0 Å². The SMILES string of the molecule is NC1NC(=O)C2N=CN([C@@H]3O[C@@H]4COP(=O)(O)O[C@@H]5[C@@H](COP(O)(=S)O[C@@H]3[C@@H]4O)C[C@@H](Nc3ncncn3)[C@@H]5F)C2N1. The van der Waals surface area contributed by atoms with Crippen LogP contribution < -0.4 is 21.7 Å². The summed E-state index contributed by atoms with van der Waals surface area (Å²) in [6, 6.07) is -1.89. The Labute approximate surface area is 242 Å². The number of phosphoric acid groups is 1. The quantitative estimate of drug-likeness (QED) is 0.163. The van der Waals surface area contributed by atoms with Gasteiger partial charge in [0.1, 0.15) is 55.7 Å². The molecule has 13 atom stereocenters. The van der Waals surface area contributed by atoms with Crippen molar-refractivity contribution in [1.29, 1.82) is 0 Å². The van der Waals surface area contributed by atoms with E-state index >= 15 is 4.39 Å². The van der Waals surface area contributed by atoms with E-state index < -0.39 is 101 Å². The second-order valence-corrected chi connectivity index (χ2v) is 14.3. The predicted octanol–water partition coefficient (Wildman–Crippen LogP) is -2.77. The maximum atomic E-state index is 15.5. The van der Waals surface area contributed by atoms with E-state index in [0.29, 0.717) is 0 Å². The minimum absolute atomic E-state index is 0.00539. The molecule has 19 nitrogen and oxygen atoms in total. The zero-order valence-electron chi connectivity index (χ0n) is 21.4. The second-order valence-electron chi connectivity index (χ2n) is 10.1. The molecule has 0 radical (unpaired) electrons. The maximum absolute atomic E-state index is 15.5. The molecule has 0 spiro atoms. The number of nitrogens with two attached hydrogens (primary N) is 1. The smallest absolute Gasteiger partial charge is 0.387 e. The molecule has 6 rings (SSSR count). The van der Waals surface area contributed by atoms with E-state index in [1.54, 1.807) is 0 Å². The van der Waals surface area contributed by atoms with Crippen molar-refractivity contribution in [3.8, 4) is 0 Å². The van der Waals surface area contributed by atoms with Gasteiger partial charge in [0, 0.05) is 5.92 Å². The first kappa shape index (κ1) is 30.2. The largest absolute Gasteiger partial charge is 0.472 e. The maximum Gasteiger partial charge on any atom is 0.472 e. The number of aromatic nitrogens is 3. The van der Waals surface area contributed by atoms with Gasteiger partial charge in [0.2, 0.25) is 5.95 Å². The number of aliphatic hydroxyl groups excluding tert-OH is 1. The van der Waals surface area contributed by atoms with Crippen LogP contribution in [-0.2, 0) is 44.0 Å². The van der Waals surface area contributed by atoms with Gasteiger partial charge in [-0.05, 0) is 18.2 Å². The minimum Gasteiger partial charge on any atom is -0.387 e. The Kier molecular flexibility index (Phi) is 8.33. The summed E-state index contributed by atoms with van der Waals surface area (Å²) < 4.78 is 56.0. The molecule has 1 saturated carbocycles. The highest BCUT2D eigenvalue weighted by Crippen LogP contribution is 2.53. The van der Waals surface area contributed by atoms with Crippen LogP contribution in [0.1, 0.15) is 6.42 Å². The molecule has 2 bridgehead atoms. The number of hydrogen-bond donors (Lipinski definition) is 7. The fraction of sp³-hybridized carbons (Fsp3) is 0.737. The third-order valence-corrected chi connectivity index (χ3v) is 9.94. The number of fused-ring (bicyclic) bond motifs is 4. The van der Waals surface area contributed by atoms with E-state index in [2.05, 4.69) is 35.9 Å². The summed E-state index contributed by atoms with van der Waals surface area (Å²) in [4.78, 5) is 50.9.